The number of rotatable bonds is 0. The predicted molar refractivity (Wildman–Crippen MR) is 61.4 cm³/mol. The van der Waals surface area contributed by atoms with Gasteiger partial charge in [0.2, 0.25) is 0 Å². The number of hydrogen-bond donors (Lipinski definition) is 1. The molecule has 0 fully saturated rings. The summed E-state index contributed by atoms with van der Waals surface area (Å²) in [6.45, 7) is 1.81. The highest BCUT2D eigenvalue weighted by Gasteiger charge is 2.30. The Hall–Kier alpha value is -0.710. The maximum atomic E-state index is 5.77. The largest absolute Gasteiger partial charge is 0.397 e. The number of fused-ring (bicyclic) bond motifs is 1. The monoisotopic (exact) mass is 264 g/mol. The SMILES string of the molecule is Cc1c(N)ccc2nnc(C(Cl)(Cl)Cl)n12. The topological polar surface area (TPSA) is 56.2 Å². The van der Waals surface area contributed by atoms with E-state index in [1.165, 1.54) is 0 Å². The fourth-order valence-corrected chi connectivity index (χ4v) is 1.70. The third-order valence-electron chi connectivity index (χ3n) is 2.11. The van der Waals surface area contributed by atoms with Gasteiger partial charge in [0, 0.05) is 5.69 Å². The zero-order valence-corrected chi connectivity index (χ0v) is 9.98. The van der Waals surface area contributed by atoms with Gasteiger partial charge in [0.25, 0.3) is 3.79 Å². The van der Waals surface area contributed by atoms with Crippen LogP contribution in [0.1, 0.15) is 11.5 Å². The summed E-state index contributed by atoms with van der Waals surface area (Å²) in [7, 11) is 0. The summed E-state index contributed by atoms with van der Waals surface area (Å²) in [5.74, 6) is 0.243. The van der Waals surface area contributed by atoms with Gasteiger partial charge in [-0.05, 0) is 19.1 Å². The van der Waals surface area contributed by atoms with E-state index in [0.717, 1.165) is 5.69 Å². The second kappa shape index (κ2) is 3.40. The van der Waals surface area contributed by atoms with Gasteiger partial charge in [0.15, 0.2) is 11.5 Å². The van der Waals surface area contributed by atoms with Crippen molar-refractivity contribution in [3.05, 3.63) is 23.7 Å². The van der Waals surface area contributed by atoms with E-state index >= 15 is 0 Å². The number of pyridine rings is 1. The lowest BCUT2D eigenvalue weighted by Gasteiger charge is -2.11. The average molecular weight is 266 g/mol. The highest BCUT2D eigenvalue weighted by Crippen LogP contribution is 2.37. The van der Waals surface area contributed by atoms with E-state index in [9.17, 15) is 0 Å². The molecule has 15 heavy (non-hydrogen) atoms. The summed E-state index contributed by atoms with van der Waals surface area (Å²) in [6.07, 6.45) is 0. The second-order valence-electron chi connectivity index (χ2n) is 3.09. The Morgan fingerprint density at radius 1 is 1.27 bits per heavy atom. The van der Waals surface area contributed by atoms with Crippen LogP contribution in [-0.2, 0) is 3.79 Å². The Labute approximate surface area is 101 Å². The van der Waals surface area contributed by atoms with Crippen LogP contribution in [-0.4, -0.2) is 14.6 Å². The molecule has 2 rings (SSSR count). The van der Waals surface area contributed by atoms with Crippen LogP contribution in [0.5, 0.6) is 0 Å². The Balaban J connectivity index is 2.84. The average Bonchev–Trinajstić information content (AvgIpc) is 2.54. The van der Waals surface area contributed by atoms with Crippen molar-refractivity contribution in [1.29, 1.82) is 0 Å². The first-order chi connectivity index (χ1) is 6.91. The highest BCUT2D eigenvalue weighted by atomic mass is 35.6. The zero-order chi connectivity index (χ0) is 11.2. The number of nitrogens with two attached hydrogens (primary N) is 1. The normalized spacial score (nSPS) is 12.3. The third kappa shape index (κ3) is 1.73. The van der Waals surface area contributed by atoms with Crippen LogP contribution < -0.4 is 5.73 Å². The fourth-order valence-electron chi connectivity index (χ4n) is 1.33. The summed E-state index contributed by atoms with van der Waals surface area (Å²) in [4.78, 5) is 0. The van der Waals surface area contributed by atoms with E-state index < -0.39 is 3.79 Å². The molecule has 0 saturated heterocycles. The summed E-state index contributed by atoms with van der Waals surface area (Å²) < 4.78 is 0.0142. The lowest BCUT2D eigenvalue weighted by molar-refractivity contribution is 0.915. The first-order valence-corrected chi connectivity index (χ1v) is 5.22. The van der Waals surface area contributed by atoms with E-state index in [4.69, 9.17) is 40.5 Å². The van der Waals surface area contributed by atoms with Gasteiger partial charge >= 0.3 is 0 Å². The van der Waals surface area contributed by atoms with Gasteiger partial charge in [-0.1, -0.05) is 34.8 Å². The molecule has 0 aliphatic rings. The molecule has 0 amide bonds. The molecule has 2 heterocycles. The number of alkyl halides is 3. The molecule has 0 saturated carbocycles. The second-order valence-corrected chi connectivity index (χ2v) is 5.37. The van der Waals surface area contributed by atoms with Crippen molar-refractivity contribution in [2.24, 2.45) is 0 Å². The van der Waals surface area contributed by atoms with E-state index in [-0.39, 0.29) is 5.82 Å². The standard InChI is InChI=1S/C8H7Cl3N4/c1-4-5(12)2-3-6-13-14-7(15(4)6)8(9,10)11/h2-3H,12H2,1H3. The molecule has 0 aliphatic carbocycles. The van der Waals surface area contributed by atoms with Crippen LogP contribution >= 0.6 is 34.8 Å². The minimum absolute atomic E-state index is 0.243. The summed E-state index contributed by atoms with van der Waals surface area (Å²) in [5, 5.41) is 7.72. The van der Waals surface area contributed by atoms with Crippen LogP contribution in [0.25, 0.3) is 5.65 Å². The molecule has 0 radical (unpaired) electrons. The van der Waals surface area contributed by atoms with Gasteiger partial charge < -0.3 is 5.73 Å². The third-order valence-corrected chi connectivity index (χ3v) is 2.61. The van der Waals surface area contributed by atoms with E-state index in [1.807, 2.05) is 6.92 Å². The summed E-state index contributed by atoms with van der Waals surface area (Å²) in [6, 6.07) is 3.46. The number of aryl methyl sites for hydroxylation is 1. The van der Waals surface area contributed by atoms with Crippen molar-refractivity contribution < 1.29 is 0 Å². The first kappa shape index (κ1) is 10.8. The maximum absolute atomic E-state index is 5.77. The first-order valence-electron chi connectivity index (χ1n) is 4.08. The number of anilines is 1. The summed E-state index contributed by atoms with van der Waals surface area (Å²) in [5.41, 5.74) is 7.70. The van der Waals surface area contributed by atoms with Crippen molar-refractivity contribution in [3.8, 4) is 0 Å². The Morgan fingerprint density at radius 3 is 2.53 bits per heavy atom. The molecule has 4 nitrogen and oxygen atoms in total. The van der Waals surface area contributed by atoms with Crippen LogP contribution in [0.4, 0.5) is 5.69 Å². The number of nitrogens with zero attached hydrogens (tertiary/aromatic N) is 3. The van der Waals surface area contributed by atoms with Crippen molar-refractivity contribution in [3.63, 3.8) is 0 Å². The maximum Gasteiger partial charge on any atom is 0.250 e. The van der Waals surface area contributed by atoms with Crippen LogP contribution in [0.3, 0.4) is 0 Å². The smallest absolute Gasteiger partial charge is 0.250 e. The molecule has 2 N–H and O–H groups in total. The molecule has 7 heteroatoms. The number of hydrogen-bond acceptors (Lipinski definition) is 3. The van der Waals surface area contributed by atoms with Gasteiger partial charge in [-0.25, -0.2) is 0 Å². The van der Waals surface area contributed by atoms with Crippen molar-refractivity contribution in [2.75, 3.05) is 5.73 Å². The van der Waals surface area contributed by atoms with E-state index in [0.29, 0.717) is 11.3 Å². The molecule has 0 bridgehead atoms. The molecule has 0 atom stereocenters. The number of nitrogen functional groups attached to an aromatic ring is 1. The van der Waals surface area contributed by atoms with Crippen LogP contribution in [0.2, 0.25) is 0 Å². The van der Waals surface area contributed by atoms with Gasteiger partial charge in [0.05, 0.1) is 5.69 Å². The van der Waals surface area contributed by atoms with Gasteiger partial charge in [-0.2, -0.15) is 0 Å². The fraction of sp³-hybridized carbons (Fsp3) is 0.250. The van der Waals surface area contributed by atoms with Crippen molar-refractivity contribution in [2.45, 2.75) is 10.7 Å². The molecular weight excluding hydrogens is 258 g/mol. The van der Waals surface area contributed by atoms with E-state index in [1.54, 1.807) is 16.5 Å². The van der Waals surface area contributed by atoms with E-state index in [2.05, 4.69) is 10.2 Å². The zero-order valence-electron chi connectivity index (χ0n) is 7.71. The lowest BCUT2D eigenvalue weighted by atomic mass is 10.3. The number of aromatic nitrogens is 3. The highest BCUT2D eigenvalue weighted by molar-refractivity contribution is 6.66. The quantitative estimate of drug-likeness (QED) is 0.744. The van der Waals surface area contributed by atoms with Crippen molar-refractivity contribution in [1.82, 2.24) is 14.6 Å². The van der Waals surface area contributed by atoms with Crippen LogP contribution in [0.15, 0.2) is 12.1 Å². The molecule has 0 aliphatic heterocycles. The molecule has 2 aromatic heterocycles. The number of halogens is 3. The minimum Gasteiger partial charge on any atom is -0.397 e. The molecule has 0 unspecified atom stereocenters. The lowest BCUT2D eigenvalue weighted by Crippen LogP contribution is -2.09. The molecule has 0 aromatic carbocycles. The Bertz CT molecular complexity index is 514. The Morgan fingerprint density at radius 2 is 1.93 bits per heavy atom. The van der Waals surface area contributed by atoms with Gasteiger partial charge in [-0.3, -0.25) is 4.40 Å². The van der Waals surface area contributed by atoms with Gasteiger partial charge in [0.1, 0.15) is 0 Å². The molecule has 80 valence electrons. The van der Waals surface area contributed by atoms with Crippen molar-refractivity contribution >= 4 is 46.1 Å². The molecule has 2 aromatic rings. The minimum atomic E-state index is -1.61. The van der Waals surface area contributed by atoms with Crippen LogP contribution in [0, 0.1) is 6.92 Å². The molecular formula is C8H7Cl3N4. The Kier molecular flexibility index (Phi) is 2.45. The molecule has 0 spiro atoms. The summed E-state index contributed by atoms with van der Waals surface area (Å²) >= 11 is 17.3. The van der Waals surface area contributed by atoms with Gasteiger partial charge in [-0.15, -0.1) is 10.2 Å². The predicted octanol–water partition coefficient (Wildman–Crippen LogP) is 2.45.